The fourth-order valence-electron chi connectivity index (χ4n) is 4.63. The monoisotopic (exact) mass is 448 g/mol. The van der Waals surface area contributed by atoms with E-state index >= 15 is 0 Å². The Morgan fingerprint density at radius 3 is 2.70 bits per heavy atom. The number of nitrogens with zero attached hydrogens (tertiary/aromatic N) is 4. The first-order valence-corrected chi connectivity index (χ1v) is 11.0. The predicted molar refractivity (Wildman–Crippen MR) is 126 cm³/mol. The van der Waals surface area contributed by atoms with Gasteiger partial charge in [-0.1, -0.05) is 0 Å². The Morgan fingerprint density at radius 1 is 1.09 bits per heavy atom. The highest BCUT2D eigenvalue weighted by atomic mass is 19.1. The van der Waals surface area contributed by atoms with Gasteiger partial charge in [-0.3, -0.25) is 19.1 Å². The van der Waals surface area contributed by atoms with Crippen LogP contribution in [0.3, 0.4) is 0 Å². The van der Waals surface area contributed by atoms with Gasteiger partial charge in [0.15, 0.2) is 0 Å². The highest BCUT2D eigenvalue weighted by molar-refractivity contribution is 5.90. The van der Waals surface area contributed by atoms with Crippen LogP contribution in [0.25, 0.3) is 21.8 Å². The Hall–Kier alpha value is -3.72. The summed E-state index contributed by atoms with van der Waals surface area (Å²) in [5.41, 5.74) is 7.26. The molecule has 1 aliphatic heterocycles. The number of aromatic nitrogens is 3. The normalized spacial score (nSPS) is 14.9. The molecule has 1 aliphatic rings. The molecule has 4 heterocycles. The Kier molecular flexibility index (Phi) is 5.55. The molecule has 0 radical (unpaired) electrons. The summed E-state index contributed by atoms with van der Waals surface area (Å²) < 4.78 is 15.1. The molecule has 170 valence electrons. The lowest BCUT2D eigenvalue weighted by Crippen LogP contribution is -2.47. The Balaban J connectivity index is 1.30. The van der Waals surface area contributed by atoms with Gasteiger partial charge in [-0.2, -0.15) is 0 Å². The number of H-pyrrole nitrogens is 1. The van der Waals surface area contributed by atoms with Crippen molar-refractivity contribution in [1.82, 2.24) is 19.4 Å². The van der Waals surface area contributed by atoms with E-state index in [1.165, 1.54) is 22.8 Å². The molecule has 1 aromatic carbocycles. The second kappa shape index (κ2) is 8.67. The fourth-order valence-corrected chi connectivity index (χ4v) is 4.63. The second-order valence-electron chi connectivity index (χ2n) is 8.37. The number of halogens is 1. The van der Waals surface area contributed by atoms with Gasteiger partial charge in [0, 0.05) is 62.0 Å². The van der Waals surface area contributed by atoms with Crippen LogP contribution in [0.2, 0.25) is 0 Å². The summed E-state index contributed by atoms with van der Waals surface area (Å²) in [7, 11) is 0. The molecule has 1 saturated heterocycles. The lowest BCUT2D eigenvalue weighted by molar-refractivity contribution is -0.118. The topological polar surface area (TPSA) is 100 Å². The zero-order chi connectivity index (χ0) is 22.9. The first-order chi connectivity index (χ1) is 16.0. The van der Waals surface area contributed by atoms with Gasteiger partial charge < -0.3 is 15.6 Å². The third-order valence-electron chi connectivity index (χ3n) is 6.30. The van der Waals surface area contributed by atoms with E-state index < -0.39 is 11.7 Å². The number of primary amides is 1. The van der Waals surface area contributed by atoms with E-state index in [4.69, 9.17) is 5.73 Å². The molecule has 5 rings (SSSR count). The van der Waals surface area contributed by atoms with Crippen molar-refractivity contribution in [2.75, 3.05) is 37.6 Å². The van der Waals surface area contributed by atoms with Gasteiger partial charge in [-0.05, 0) is 42.3 Å². The Labute approximate surface area is 189 Å². The number of anilines is 1. The molecule has 0 saturated carbocycles. The number of carbonyl (C=O) groups excluding carboxylic acids is 1. The predicted octanol–water partition coefficient (Wildman–Crippen LogP) is 1.87. The molecule has 33 heavy (non-hydrogen) atoms. The number of hydrogen-bond acceptors (Lipinski definition) is 5. The number of nitrogens with one attached hydrogen (secondary N) is 1. The van der Waals surface area contributed by atoms with E-state index in [1.54, 1.807) is 6.07 Å². The summed E-state index contributed by atoms with van der Waals surface area (Å²) in [4.78, 5) is 36.5. The van der Waals surface area contributed by atoms with Gasteiger partial charge in [0.25, 0.3) is 5.56 Å². The molecule has 8 nitrogen and oxygen atoms in total. The summed E-state index contributed by atoms with van der Waals surface area (Å²) in [5.74, 6) is -0.1000. The maximum absolute atomic E-state index is 13.9. The molecule has 0 atom stereocenters. The largest absolute Gasteiger partial charge is 0.368 e. The van der Waals surface area contributed by atoms with Crippen LogP contribution in [0.15, 0.2) is 53.6 Å². The highest BCUT2D eigenvalue weighted by Crippen LogP contribution is 2.25. The Morgan fingerprint density at radius 2 is 1.91 bits per heavy atom. The molecule has 0 aliphatic carbocycles. The average molecular weight is 449 g/mol. The van der Waals surface area contributed by atoms with Crippen molar-refractivity contribution in [3.8, 4) is 0 Å². The first kappa shape index (κ1) is 21.1. The maximum Gasteiger partial charge on any atom is 0.251 e. The highest BCUT2D eigenvalue weighted by Gasteiger charge is 2.20. The molecule has 9 heteroatoms. The van der Waals surface area contributed by atoms with Crippen molar-refractivity contribution in [2.45, 2.75) is 13.0 Å². The number of carbonyl (C=O) groups is 1. The molecule has 4 aromatic rings. The summed E-state index contributed by atoms with van der Waals surface area (Å²) in [6.07, 6.45) is 4.41. The zero-order valence-electron chi connectivity index (χ0n) is 18.1. The van der Waals surface area contributed by atoms with Crippen LogP contribution >= 0.6 is 0 Å². The summed E-state index contributed by atoms with van der Waals surface area (Å²) in [5, 5.41) is 1.89. The van der Waals surface area contributed by atoms with Gasteiger partial charge in [0.05, 0.1) is 11.0 Å². The van der Waals surface area contributed by atoms with Crippen molar-refractivity contribution >= 4 is 33.5 Å². The van der Waals surface area contributed by atoms with Gasteiger partial charge in [-0.25, -0.2) is 9.37 Å². The number of amides is 1. The number of hydrogen-bond donors (Lipinski definition) is 2. The van der Waals surface area contributed by atoms with Crippen molar-refractivity contribution in [2.24, 2.45) is 5.73 Å². The minimum Gasteiger partial charge on any atom is -0.368 e. The second-order valence-corrected chi connectivity index (χ2v) is 8.37. The lowest BCUT2D eigenvalue weighted by atomic mass is 10.0. The standard InChI is InChI=1S/C24H25FN6O2/c25-17-1-2-18-16(13-23(33)31(15-22(26)32)21(18)14-17)5-8-29-9-11-30(12-10-29)24-19-3-6-27-20(19)4-7-28-24/h1-4,6-7,13-14,27H,5,8-12,15H2,(H2,26,32). The van der Waals surface area contributed by atoms with Crippen LogP contribution in [-0.4, -0.2) is 58.1 Å². The van der Waals surface area contributed by atoms with Crippen LogP contribution in [0.1, 0.15) is 5.56 Å². The molecular formula is C24H25FN6O2. The first-order valence-electron chi connectivity index (χ1n) is 11.0. The number of fused-ring (bicyclic) bond motifs is 2. The molecule has 3 N–H and O–H groups in total. The SMILES string of the molecule is NC(=O)Cn1c(=O)cc(CCN2CCN(c3nccc4[nH]ccc34)CC2)c2ccc(F)cc21. The number of piperazine rings is 1. The molecule has 0 bridgehead atoms. The quantitative estimate of drug-likeness (QED) is 0.469. The van der Waals surface area contributed by atoms with Crippen LogP contribution in [0.4, 0.5) is 10.2 Å². The fraction of sp³-hybridized carbons (Fsp3) is 0.292. The van der Waals surface area contributed by atoms with E-state index in [9.17, 15) is 14.0 Å². The van der Waals surface area contributed by atoms with Crippen molar-refractivity contribution in [3.63, 3.8) is 0 Å². The summed E-state index contributed by atoms with van der Waals surface area (Å²) >= 11 is 0. The van der Waals surface area contributed by atoms with E-state index in [1.807, 2.05) is 18.5 Å². The minimum atomic E-state index is -0.641. The molecule has 1 amide bonds. The third-order valence-corrected chi connectivity index (χ3v) is 6.30. The Bertz CT molecular complexity index is 1390. The average Bonchev–Trinajstić information content (AvgIpc) is 3.29. The number of aromatic amines is 1. The molecule has 0 unspecified atom stereocenters. The van der Waals surface area contributed by atoms with E-state index in [2.05, 4.69) is 25.8 Å². The van der Waals surface area contributed by atoms with Crippen molar-refractivity contribution in [3.05, 3.63) is 70.5 Å². The van der Waals surface area contributed by atoms with Crippen molar-refractivity contribution in [1.29, 1.82) is 0 Å². The van der Waals surface area contributed by atoms with Gasteiger partial charge in [0.1, 0.15) is 18.2 Å². The van der Waals surface area contributed by atoms with E-state index in [0.29, 0.717) is 11.9 Å². The number of rotatable bonds is 6. The molecule has 3 aromatic heterocycles. The van der Waals surface area contributed by atoms with Crippen LogP contribution in [0.5, 0.6) is 0 Å². The summed E-state index contributed by atoms with van der Waals surface area (Å²) in [6, 6.07) is 9.89. The van der Waals surface area contributed by atoms with Crippen LogP contribution in [0, 0.1) is 5.82 Å². The summed E-state index contributed by atoms with van der Waals surface area (Å²) in [6.45, 7) is 4.00. The van der Waals surface area contributed by atoms with Crippen LogP contribution < -0.4 is 16.2 Å². The molecular weight excluding hydrogens is 423 g/mol. The van der Waals surface area contributed by atoms with Crippen LogP contribution in [-0.2, 0) is 17.8 Å². The smallest absolute Gasteiger partial charge is 0.251 e. The number of nitrogens with two attached hydrogens (primary N) is 1. The number of benzene rings is 1. The lowest BCUT2D eigenvalue weighted by Gasteiger charge is -2.35. The van der Waals surface area contributed by atoms with E-state index in [-0.39, 0.29) is 12.1 Å². The van der Waals surface area contributed by atoms with Gasteiger partial charge in [0.2, 0.25) is 5.91 Å². The van der Waals surface area contributed by atoms with Crippen molar-refractivity contribution < 1.29 is 9.18 Å². The molecule has 1 fully saturated rings. The number of pyridine rings is 2. The minimum absolute atomic E-state index is 0.275. The van der Waals surface area contributed by atoms with Gasteiger partial charge in [-0.15, -0.1) is 0 Å². The van der Waals surface area contributed by atoms with E-state index in [0.717, 1.165) is 60.4 Å². The third kappa shape index (κ3) is 4.19. The maximum atomic E-state index is 13.9. The molecule has 0 spiro atoms. The zero-order valence-corrected chi connectivity index (χ0v) is 18.1. The van der Waals surface area contributed by atoms with Gasteiger partial charge >= 0.3 is 0 Å².